The minimum Gasteiger partial charge on any atom is -0.309 e. The average molecular weight is 690 g/mol. The number of pyridine rings is 1. The molecule has 7 aromatic carbocycles. The monoisotopic (exact) mass is 689 g/mol. The fourth-order valence-electron chi connectivity index (χ4n) is 8.29. The molecule has 0 radical (unpaired) electrons. The molecule has 0 unspecified atom stereocenters. The summed E-state index contributed by atoms with van der Waals surface area (Å²) in [6, 6.07) is 62.2. The van der Waals surface area contributed by atoms with E-state index in [4.69, 9.17) is 9.97 Å². The Kier molecular flexibility index (Phi) is 6.79. The number of rotatable bonds is 5. The van der Waals surface area contributed by atoms with Crippen LogP contribution < -0.4 is 0 Å². The minimum absolute atomic E-state index is 0.653. The van der Waals surface area contributed by atoms with Gasteiger partial charge in [0.1, 0.15) is 0 Å². The Hall–Kier alpha value is -7.37. The summed E-state index contributed by atoms with van der Waals surface area (Å²) in [5, 5.41) is 6.85. The first-order valence-electron chi connectivity index (χ1n) is 18.2. The molecule has 54 heavy (non-hydrogen) atoms. The number of nitrogens with zero attached hydrogens (tertiary/aromatic N) is 5. The highest BCUT2D eigenvalue weighted by Crippen LogP contribution is 2.42. The molecule has 11 aromatic rings. The zero-order chi connectivity index (χ0) is 35.6. The van der Waals surface area contributed by atoms with Crippen LogP contribution in [0, 0.1) is 0 Å². The Morgan fingerprint density at radius 2 is 0.852 bits per heavy atom. The molecule has 0 aliphatic heterocycles. The summed E-state index contributed by atoms with van der Waals surface area (Å²) in [7, 11) is 0. The molecule has 11 rings (SSSR count). The maximum absolute atomic E-state index is 5.45. The smallest absolute Gasteiger partial charge is 0.161 e. The van der Waals surface area contributed by atoms with Crippen molar-refractivity contribution in [3.8, 4) is 45.3 Å². The number of para-hydroxylation sites is 6. The SMILES string of the molecule is c1ccc(-n2c3ccccc3c3cccc(-c4cc(-c5cccc6c7ccccc7n(-c7ccccc7)c56)nc(-c5cccc6ccncc56)n4)c32)cc1. The molecule has 0 aliphatic rings. The number of hydrogen-bond donors (Lipinski definition) is 0. The molecule has 252 valence electrons. The highest BCUT2D eigenvalue weighted by Gasteiger charge is 2.22. The summed E-state index contributed by atoms with van der Waals surface area (Å²) >= 11 is 0. The Balaban J connectivity index is 1.27. The fraction of sp³-hybridized carbons (Fsp3) is 0. The molecule has 5 heteroatoms. The van der Waals surface area contributed by atoms with Crippen LogP contribution in [-0.2, 0) is 0 Å². The van der Waals surface area contributed by atoms with Crippen molar-refractivity contribution >= 4 is 54.4 Å². The van der Waals surface area contributed by atoms with Gasteiger partial charge in [0.2, 0.25) is 0 Å². The molecule has 0 aliphatic carbocycles. The van der Waals surface area contributed by atoms with Crippen LogP contribution in [0.2, 0.25) is 0 Å². The van der Waals surface area contributed by atoms with Gasteiger partial charge in [-0.3, -0.25) is 4.98 Å². The summed E-state index contributed by atoms with van der Waals surface area (Å²) < 4.78 is 4.74. The Morgan fingerprint density at radius 3 is 1.43 bits per heavy atom. The number of hydrogen-bond acceptors (Lipinski definition) is 3. The molecule has 0 atom stereocenters. The normalized spacial score (nSPS) is 11.7. The van der Waals surface area contributed by atoms with E-state index in [1.165, 1.54) is 21.5 Å². The Bertz CT molecular complexity index is 3030. The molecule has 0 bridgehead atoms. The standard InChI is InChI=1S/C49H31N5/c1-3-15-33(16-4-1)53-45-26-9-7-19-35(45)37-21-12-24-40(47(37)53)43-30-44(52-49(51-43)39-23-11-14-32-28-29-50-31-42(32)39)41-25-13-22-38-36-20-8-10-27-46(36)54(48(38)41)34-17-5-2-6-18-34/h1-31H. The molecule has 4 aromatic heterocycles. The third-order valence-corrected chi connectivity index (χ3v) is 10.6. The summed E-state index contributed by atoms with van der Waals surface area (Å²) in [6.07, 6.45) is 3.75. The fourth-order valence-corrected chi connectivity index (χ4v) is 8.29. The number of fused-ring (bicyclic) bond motifs is 7. The van der Waals surface area contributed by atoms with Gasteiger partial charge < -0.3 is 9.13 Å². The van der Waals surface area contributed by atoms with Crippen LogP contribution in [-0.4, -0.2) is 24.1 Å². The van der Waals surface area contributed by atoms with Gasteiger partial charge in [0.25, 0.3) is 0 Å². The van der Waals surface area contributed by atoms with Crippen LogP contribution >= 0.6 is 0 Å². The molecule has 5 nitrogen and oxygen atoms in total. The first-order chi connectivity index (χ1) is 26.8. The van der Waals surface area contributed by atoms with E-state index in [0.29, 0.717) is 5.82 Å². The van der Waals surface area contributed by atoms with Crippen LogP contribution in [0.3, 0.4) is 0 Å². The van der Waals surface area contributed by atoms with Gasteiger partial charge in [-0.1, -0.05) is 127 Å². The second kappa shape index (κ2) is 12.1. The van der Waals surface area contributed by atoms with Gasteiger partial charge in [-0.25, -0.2) is 9.97 Å². The summed E-state index contributed by atoms with van der Waals surface area (Å²) in [4.78, 5) is 15.4. The highest BCUT2D eigenvalue weighted by atomic mass is 15.0. The van der Waals surface area contributed by atoms with E-state index in [1.54, 1.807) is 0 Å². The van der Waals surface area contributed by atoms with Gasteiger partial charge in [-0.2, -0.15) is 0 Å². The van der Waals surface area contributed by atoms with Crippen LogP contribution in [0.25, 0.3) is 99.7 Å². The predicted octanol–water partition coefficient (Wildman–Crippen LogP) is 12.2. The third kappa shape index (κ3) is 4.62. The van der Waals surface area contributed by atoms with Gasteiger partial charge in [0, 0.05) is 67.4 Å². The summed E-state index contributed by atoms with van der Waals surface area (Å²) in [5.41, 5.74) is 11.4. The van der Waals surface area contributed by atoms with Gasteiger partial charge in [0.05, 0.1) is 33.5 Å². The topological polar surface area (TPSA) is 48.5 Å². The van der Waals surface area contributed by atoms with E-state index in [2.05, 4.69) is 184 Å². The maximum atomic E-state index is 5.45. The van der Waals surface area contributed by atoms with Crippen molar-refractivity contribution in [1.29, 1.82) is 0 Å². The summed E-state index contributed by atoms with van der Waals surface area (Å²) in [6.45, 7) is 0. The second-order valence-corrected chi connectivity index (χ2v) is 13.6. The van der Waals surface area contributed by atoms with Crippen LogP contribution in [0.15, 0.2) is 188 Å². The molecule has 0 fully saturated rings. The van der Waals surface area contributed by atoms with Gasteiger partial charge >= 0.3 is 0 Å². The molecular formula is C49H31N5. The molecule has 0 amide bonds. The number of benzene rings is 7. The van der Waals surface area contributed by atoms with E-state index in [0.717, 1.165) is 72.3 Å². The van der Waals surface area contributed by atoms with Crippen molar-refractivity contribution < 1.29 is 0 Å². The van der Waals surface area contributed by atoms with Crippen molar-refractivity contribution in [3.05, 3.63) is 188 Å². The molecule has 0 spiro atoms. The number of aromatic nitrogens is 5. The van der Waals surface area contributed by atoms with Crippen molar-refractivity contribution in [3.63, 3.8) is 0 Å². The van der Waals surface area contributed by atoms with Crippen molar-refractivity contribution in [2.45, 2.75) is 0 Å². The lowest BCUT2D eigenvalue weighted by molar-refractivity contribution is 1.16. The highest BCUT2D eigenvalue weighted by molar-refractivity contribution is 6.15. The quantitative estimate of drug-likeness (QED) is 0.181. The van der Waals surface area contributed by atoms with E-state index >= 15 is 0 Å². The van der Waals surface area contributed by atoms with Crippen molar-refractivity contribution in [1.82, 2.24) is 24.1 Å². The van der Waals surface area contributed by atoms with Crippen LogP contribution in [0.1, 0.15) is 0 Å². The van der Waals surface area contributed by atoms with Gasteiger partial charge in [-0.15, -0.1) is 0 Å². The molecule has 0 saturated carbocycles. The lowest BCUT2D eigenvalue weighted by Crippen LogP contribution is -2.00. The van der Waals surface area contributed by atoms with E-state index < -0.39 is 0 Å². The molecule has 0 saturated heterocycles. The lowest BCUT2D eigenvalue weighted by Gasteiger charge is -2.15. The van der Waals surface area contributed by atoms with E-state index in [1.807, 2.05) is 18.5 Å². The van der Waals surface area contributed by atoms with Crippen LogP contribution in [0.4, 0.5) is 0 Å². The molecule has 0 N–H and O–H groups in total. The summed E-state index contributed by atoms with van der Waals surface area (Å²) in [5.74, 6) is 0.653. The van der Waals surface area contributed by atoms with E-state index in [-0.39, 0.29) is 0 Å². The third-order valence-electron chi connectivity index (χ3n) is 10.6. The molecule has 4 heterocycles. The van der Waals surface area contributed by atoms with E-state index in [9.17, 15) is 0 Å². The van der Waals surface area contributed by atoms with Crippen LogP contribution in [0.5, 0.6) is 0 Å². The van der Waals surface area contributed by atoms with Crippen molar-refractivity contribution in [2.75, 3.05) is 0 Å². The van der Waals surface area contributed by atoms with Gasteiger partial charge in [0.15, 0.2) is 5.82 Å². The molecular weight excluding hydrogens is 659 g/mol. The van der Waals surface area contributed by atoms with Crippen molar-refractivity contribution in [2.24, 2.45) is 0 Å². The Labute approximate surface area is 311 Å². The first kappa shape index (κ1) is 30.3. The zero-order valence-corrected chi connectivity index (χ0v) is 29.1. The largest absolute Gasteiger partial charge is 0.309 e. The lowest BCUT2D eigenvalue weighted by atomic mass is 10.0. The Morgan fingerprint density at radius 1 is 0.370 bits per heavy atom. The van der Waals surface area contributed by atoms with Gasteiger partial charge in [-0.05, 0) is 53.9 Å². The second-order valence-electron chi connectivity index (χ2n) is 13.6. The first-order valence-corrected chi connectivity index (χ1v) is 18.2. The zero-order valence-electron chi connectivity index (χ0n) is 29.1. The minimum atomic E-state index is 0.653. The average Bonchev–Trinajstić information content (AvgIpc) is 3.77. The predicted molar refractivity (Wildman–Crippen MR) is 222 cm³/mol. The maximum Gasteiger partial charge on any atom is 0.161 e.